The number of ether oxygens (including phenoxy) is 1. The first-order valence-corrected chi connectivity index (χ1v) is 7.01. The molecule has 1 fully saturated rings. The van der Waals surface area contributed by atoms with Crippen LogP contribution in [0.5, 0.6) is 0 Å². The lowest BCUT2D eigenvalue weighted by atomic mass is 9.94. The summed E-state index contributed by atoms with van der Waals surface area (Å²) in [5, 5.41) is 2.96. The smallest absolute Gasteiger partial charge is 0.310 e. The molecule has 2 atom stereocenters. The first kappa shape index (κ1) is 14.5. The fraction of sp³-hybridized carbons (Fsp3) is 0.533. The van der Waals surface area contributed by atoms with Crippen LogP contribution in [0.2, 0.25) is 0 Å². The standard InChI is InChI=1S/C15H20N2O3/c1-20-15(19)12-7-3-2-4-8-13(12)17-14(18)11-6-5-9-16-10-11/h5-6,9-10,12-13H,2-4,7-8H2,1H3,(H,17,18)/t12-,13-/m1/s1. The number of methoxy groups -OCH3 is 1. The van der Waals surface area contributed by atoms with Crippen LogP contribution in [-0.2, 0) is 9.53 Å². The van der Waals surface area contributed by atoms with E-state index in [9.17, 15) is 9.59 Å². The highest BCUT2D eigenvalue weighted by molar-refractivity contribution is 5.94. The molecule has 0 radical (unpaired) electrons. The molecule has 2 rings (SSSR count). The molecule has 0 bridgehead atoms. The minimum absolute atomic E-state index is 0.155. The van der Waals surface area contributed by atoms with Crippen molar-refractivity contribution in [3.05, 3.63) is 30.1 Å². The Morgan fingerprint density at radius 2 is 2.10 bits per heavy atom. The molecule has 0 unspecified atom stereocenters. The minimum atomic E-state index is -0.247. The molecule has 0 spiro atoms. The van der Waals surface area contributed by atoms with Crippen molar-refractivity contribution in [1.29, 1.82) is 0 Å². The molecule has 108 valence electrons. The number of hydrogen-bond donors (Lipinski definition) is 1. The zero-order valence-electron chi connectivity index (χ0n) is 11.7. The largest absolute Gasteiger partial charge is 0.469 e. The number of aromatic nitrogens is 1. The molecule has 0 aromatic carbocycles. The third-order valence-corrected chi connectivity index (χ3v) is 3.76. The molecule has 1 aliphatic carbocycles. The third kappa shape index (κ3) is 3.56. The van der Waals surface area contributed by atoms with Crippen LogP contribution >= 0.6 is 0 Å². The molecule has 0 aliphatic heterocycles. The van der Waals surface area contributed by atoms with Crippen molar-refractivity contribution in [3.63, 3.8) is 0 Å². The maximum absolute atomic E-state index is 12.2. The van der Waals surface area contributed by atoms with Crippen LogP contribution < -0.4 is 5.32 Å². The normalized spacial score (nSPS) is 22.6. The van der Waals surface area contributed by atoms with Crippen LogP contribution in [0.4, 0.5) is 0 Å². The molecule has 1 amide bonds. The number of rotatable bonds is 3. The molecule has 1 saturated carbocycles. The van der Waals surface area contributed by atoms with Gasteiger partial charge in [0, 0.05) is 18.4 Å². The fourth-order valence-corrected chi connectivity index (χ4v) is 2.66. The van der Waals surface area contributed by atoms with Crippen LogP contribution in [-0.4, -0.2) is 30.0 Å². The minimum Gasteiger partial charge on any atom is -0.469 e. The van der Waals surface area contributed by atoms with Crippen molar-refractivity contribution in [2.45, 2.75) is 38.1 Å². The highest BCUT2D eigenvalue weighted by Crippen LogP contribution is 2.24. The van der Waals surface area contributed by atoms with Gasteiger partial charge in [-0.2, -0.15) is 0 Å². The molecule has 5 heteroatoms. The van der Waals surface area contributed by atoms with Crippen molar-refractivity contribution >= 4 is 11.9 Å². The number of nitrogens with one attached hydrogen (secondary N) is 1. The van der Waals surface area contributed by atoms with E-state index in [2.05, 4.69) is 10.3 Å². The summed E-state index contributed by atoms with van der Waals surface area (Å²) in [6.07, 6.45) is 7.84. The number of nitrogens with zero attached hydrogens (tertiary/aromatic N) is 1. The lowest BCUT2D eigenvalue weighted by Crippen LogP contribution is -2.43. The number of carbonyl (C=O) groups excluding carboxylic acids is 2. The van der Waals surface area contributed by atoms with Crippen LogP contribution in [0.3, 0.4) is 0 Å². The van der Waals surface area contributed by atoms with Crippen LogP contribution in [0, 0.1) is 5.92 Å². The Labute approximate surface area is 118 Å². The Morgan fingerprint density at radius 3 is 2.80 bits per heavy atom. The van der Waals surface area contributed by atoms with E-state index < -0.39 is 0 Å². The molecule has 5 nitrogen and oxygen atoms in total. The van der Waals surface area contributed by atoms with Crippen molar-refractivity contribution in [2.75, 3.05) is 7.11 Å². The van der Waals surface area contributed by atoms with Crippen LogP contribution in [0.15, 0.2) is 24.5 Å². The monoisotopic (exact) mass is 276 g/mol. The van der Waals surface area contributed by atoms with Gasteiger partial charge in [-0.3, -0.25) is 14.6 Å². The molecule has 1 heterocycles. The number of pyridine rings is 1. The zero-order valence-corrected chi connectivity index (χ0v) is 11.7. The highest BCUT2D eigenvalue weighted by Gasteiger charge is 2.31. The third-order valence-electron chi connectivity index (χ3n) is 3.76. The van der Waals surface area contributed by atoms with Gasteiger partial charge in [0.2, 0.25) is 0 Å². The van der Waals surface area contributed by atoms with Gasteiger partial charge in [0.15, 0.2) is 0 Å². The first-order chi connectivity index (χ1) is 9.72. The molecule has 1 aromatic heterocycles. The molecule has 0 saturated heterocycles. The predicted molar refractivity (Wildman–Crippen MR) is 74.1 cm³/mol. The zero-order chi connectivity index (χ0) is 14.4. The average Bonchev–Trinajstić information content (AvgIpc) is 2.73. The van der Waals surface area contributed by atoms with E-state index in [0.29, 0.717) is 5.56 Å². The van der Waals surface area contributed by atoms with Crippen molar-refractivity contribution in [3.8, 4) is 0 Å². The number of hydrogen-bond acceptors (Lipinski definition) is 4. The van der Waals surface area contributed by atoms with Crippen molar-refractivity contribution in [1.82, 2.24) is 10.3 Å². The lowest BCUT2D eigenvalue weighted by Gasteiger charge is -2.24. The van der Waals surface area contributed by atoms with E-state index >= 15 is 0 Å². The van der Waals surface area contributed by atoms with Gasteiger partial charge in [-0.25, -0.2) is 0 Å². The summed E-state index contributed by atoms with van der Waals surface area (Å²) in [5.41, 5.74) is 0.514. The lowest BCUT2D eigenvalue weighted by molar-refractivity contribution is -0.146. The molecule has 1 aliphatic rings. The second kappa shape index (κ2) is 7.03. The van der Waals surface area contributed by atoms with Gasteiger partial charge in [-0.05, 0) is 25.0 Å². The second-order valence-corrected chi connectivity index (χ2v) is 5.09. The molecule has 20 heavy (non-hydrogen) atoms. The van der Waals surface area contributed by atoms with Crippen LogP contribution in [0.1, 0.15) is 42.5 Å². The van der Waals surface area contributed by atoms with Crippen molar-refractivity contribution < 1.29 is 14.3 Å². The summed E-state index contributed by atoms with van der Waals surface area (Å²) in [6.45, 7) is 0. The summed E-state index contributed by atoms with van der Waals surface area (Å²) < 4.78 is 4.86. The van der Waals surface area contributed by atoms with E-state index in [1.54, 1.807) is 18.3 Å². The Hall–Kier alpha value is -1.91. The summed E-state index contributed by atoms with van der Waals surface area (Å²) >= 11 is 0. The Bertz CT molecular complexity index is 461. The van der Waals surface area contributed by atoms with Crippen molar-refractivity contribution in [2.24, 2.45) is 5.92 Å². The second-order valence-electron chi connectivity index (χ2n) is 5.09. The van der Waals surface area contributed by atoms with Gasteiger partial charge in [0.1, 0.15) is 0 Å². The van der Waals surface area contributed by atoms with E-state index in [4.69, 9.17) is 4.74 Å². The average molecular weight is 276 g/mol. The summed E-state index contributed by atoms with van der Waals surface area (Å²) in [6, 6.07) is 3.28. The van der Waals surface area contributed by atoms with Gasteiger partial charge in [-0.15, -0.1) is 0 Å². The number of amides is 1. The molecule has 1 N–H and O–H groups in total. The number of carbonyl (C=O) groups is 2. The maximum atomic E-state index is 12.2. The Kier molecular flexibility index (Phi) is 5.09. The Balaban J connectivity index is 2.07. The summed E-state index contributed by atoms with van der Waals surface area (Å²) in [4.78, 5) is 28.0. The quantitative estimate of drug-likeness (QED) is 0.676. The fourth-order valence-electron chi connectivity index (χ4n) is 2.66. The van der Waals surface area contributed by atoms with E-state index in [1.807, 2.05) is 0 Å². The van der Waals surface area contributed by atoms with Gasteiger partial charge in [0.25, 0.3) is 5.91 Å². The summed E-state index contributed by atoms with van der Waals surface area (Å²) in [5.74, 6) is -0.662. The van der Waals surface area contributed by atoms with Crippen LogP contribution in [0.25, 0.3) is 0 Å². The Morgan fingerprint density at radius 1 is 1.30 bits per heavy atom. The van der Waals surface area contributed by atoms with E-state index in [0.717, 1.165) is 32.1 Å². The predicted octanol–water partition coefficient (Wildman–Crippen LogP) is 1.93. The van der Waals surface area contributed by atoms with Gasteiger partial charge < -0.3 is 10.1 Å². The topological polar surface area (TPSA) is 68.3 Å². The first-order valence-electron chi connectivity index (χ1n) is 7.01. The van der Waals surface area contributed by atoms with Gasteiger partial charge in [0.05, 0.1) is 18.6 Å². The van der Waals surface area contributed by atoms with E-state index in [-0.39, 0.29) is 23.8 Å². The molecular formula is C15H20N2O3. The SMILES string of the molecule is COC(=O)[C@@H]1CCCCC[C@H]1NC(=O)c1cccnc1. The summed E-state index contributed by atoms with van der Waals surface area (Å²) in [7, 11) is 1.40. The molecule has 1 aromatic rings. The molecular weight excluding hydrogens is 256 g/mol. The maximum Gasteiger partial charge on any atom is 0.310 e. The number of esters is 1. The van der Waals surface area contributed by atoms with Gasteiger partial charge in [-0.1, -0.05) is 19.3 Å². The van der Waals surface area contributed by atoms with Gasteiger partial charge >= 0.3 is 5.97 Å². The highest BCUT2D eigenvalue weighted by atomic mass is 16.5. The van der Waals surface area contributed by atoms with E-state index in [1.165, 1.54) is 13.3 Å².